The molecule has 2 N–H and O–H groups in total. The van der Waals surface area contributed by atoms with Gasteiger partial charge in [0.05, 0.1) is 12.9 Å². The van der Waals surface area contributed by atoms with E-state index in [1.165, 1.54) is 6.33 Å². The van der Waals surface area contributed by atoms with Gasteiger partial charge in [-0.15, -0.1) is 0 Å². The van der Waals surface area contributed by atoms with Crippen LogP contribution in [0.15, 0.2) is 6.33 Å². The fraction of sp³-hybridized carbons (Fsp3) is 0.615. The molecule has 0 amide bonds. The van der Waals surface area contributed by atoms with E-state index in [1.54, 1.807) is 0 Å². The molecule has 0 unspecified atom stereocenters. The van der Waals surface area contributed by atoms with Crippen LogP contribution in [0.3, 0.4) is 0 Å². The number of anilines is 1. The summed E-state index contributed by atoms with van der Waals surface area (Å²) in [5.74, 6) is -1.08. The summed E-state index contributed by atoms with van der Waals surface area (Å²) in [6.45, 7) is 4.33. The minimum Gasteiger partial charge on any atom is -0.380 e. The van der Waals surface area contributed by atoms with Crippen molar-refractivity contribution in [3.8, 4) is 0 Å². The highest BCUT2D eigenvalue weighted by molar-refractivity contribution is 5.82. The minimum absolute atomic E-state index is 0.00185. The topological polar surface area (TPSA) is 79.0 Å². The highest BCUT2D eigenvalue weighted by atomic mass is 19.4. The van der Waals surface area contributed by atoms with E-state index in [-0.39, 0.29) is 11.5 Å². The fourth-order valence-corrected chi connectivity index (χ4v) is 2.44. The van der Waals surface area contributed by atoms with Crippen molar-refractivity contribution in [2.45, 2.75) is 12.6 Å². The second-order valence-electron chi connectivity index (χ2n) is 5.23. The predicted molar refractivity (Wildman–Crippen MR) is 77.1 cm³/mol. The molecule has 0 saturated carbocycles. The molecule has 10 heteroatoms. The maximum atomic E-state index is 12.8. The highest BCUT2D eigenvalue weighted by Gasteiger charge is 2.36. The molecule has 7 nitrogen and oxygen atoms in total. The monoisotopic (exact) mass is 330 g/mol. The van der Waals surface area contributed by atoms with Crippen LogP contribution < -0.4 is 5.32 Å². The second kappa shape index (κ2) is 6.67. The Morgan fingerprint density at radius 1 is 1.26 bits per heavy atom. The van der Waals surface area contributed by atoms with Crippen molar-refractivity contribution in [2.75, 3.05) is 44.7 Å². The summed E-state index contributed by atoms with van der Waals surface area (Å²) in [7, 11) is 0. The zero-order chi connectivity index (χ0) is 16.3. The number of fused-ring (bicyclic) bond motifs is 1. The molecule has 0 radical (unpaired) electrons. The molecule has 0 aromatic carbocycles. The van der Waals surface area contributed by atoms with Crippen molar-refractivity contribution in [3.05, 3.63) is 12.2 Å². The summed E-state index contributed by atoms with van der Waals surface area (Å²) < 4.78 is 43.9. The molecule has 0 atom stereocenters. The standard InChI is InChI=1S/C13H17F3N6O/c14-13(15,16)12-20-10(9-11(21-12)19-8-18-9)17-2-4-22-3-1-6-23-7-5-22/h8H,1-7H2,(H2,17,18,19,20,21). The van der Waals surface area contributed by atoms with Crippen LogP contribution in [0.25, 0.3) is 11.2 Å². The first-order valence-corrected chi connectivity index (χ1v) is 7.36. The van der Waals surface area contributed by atoms with E-state index in [2.05, 4.69) is 30.2 Å². The molecule has 1 aliphatic rings. The van der Waals surface area contributed by atoms with Crippen molar-refractivity contribution in [1.82, 2.24) is 24.8 Å². The highest BCUT2D eigenvalue weighted by Crippen LogP contribution is 2.29. The van der Waals surface area contributed by atoms with E-state index in [9.17, 15) is 13.2 Å². The molecule has 3 rings (SSSR count). The summed E-state index contributed by atoms with van der Waals surface area (Å²) in [5, 5.41) is 2.95. The fourth-order valence-electron chi connectivity index (χ4n) is 2.44. The normalized spacial score (nSPS) is 17.3. The number of alkyl halides is 3. The van der Waals surface area contributed by atoms with Gasteiger partial charge in [-0.3, -0.25) is 4.90 Å². The lowest BCUT2D eigenvalue weighted by Crippen LogP contribution is -2.31. The van der Waals surface area contributed by atoms with Crippen LogP contribution in [0, 0.1) is 0 Å². The zero-order valence-corrected chi connectivity index (χ0v) is 12.4. The Balaban J connectivity index is 1.70. The van der Waals surface area contributed by atoms with Crippen molar-refractivity contribution in [1.29, 1.82) is 0 Å². The third-order valence-corrected chi connectivity index (χ3v) is 3.57. The smallest absolute Gasteiger partial charge is 0.380 e. The largest absolute Gasteiger partial charge is 0.451 e. The first-order chi connectivity index (χ1) is 11.0. The number of aromatic amines is 1. The Hall–Kier alpha value is -1.94. The molecular weight excluding hydrogens is 313 g/mol. The Bertz CT molecular complexity index is 651. The first kappa shape index (κ1) is 15.9. The van der Waals surface area contributed by atoms with Gasteiger partial charge in [-0.1, -0.05) is 0 Å². The molecule has 0 aliphatic carbocycles. The second-order valence-corrected chi connectivity index (χ2v) is 5.23. The van der Waals surface area contributed by atoms with Crippen LogP contribution in [0.4, 0.5) is 19.0 Å². The van der Waals surface area contributed by atoms with Crippen molar-refractivity contribution in [3.63, 3.8) is 0 Å². The third-order valence-electron chi connectivity index (χ3n) is 3.57. The van der Waals surface area contributed by atoms with Crippen molar-refractivity contribution >= 4 is 17.0 Å². The maximum Gasteiger partial charge on any atom is 0.451 e. The first-order valence-electron chi connectivity index (χ1n) is 7.36. The van der Waals surface area contributed by atoms with Gasteiger partial charge in [0.1, 0.15) is 5.52 Å². The molecule has 126 valence electrons. The summed E-state index contributed by atoms with van der Waals surface area (Å²) >= 11 is 0. The number of hydrogen-bond acceptors (Lipinski definition) is 6. The van der Waals surface area contributed by atoms with Gasteiger partial charge < -0.3 is 15.0 Å². The number of hydrogen-bond donors (Lipinski definition) is 2. The summed E-state index contributed by atoms with van der Waals surface area (Å²) in [5.41, 5.74) is 0.371. The van der Waals surface area contributed by atoms with Gasteiger partial charge >= 0.3 is 6.18 Å². The molecule has 2 aromatic heterocycles. The number of imidazole rings is 1. The van der Waals surface area contributed by atoms with Gasteiger partial charge in [0.2, 0.25) is 5.82 Å². The molecule has 0 bridgehead atoms. The Kier molecular flexibility index (Phi) is 4.62. The number of ether oxygens (including phenoxy) is 1. The van der Waals surface area contributed by atoms with E-state index in [0.29, 0.717) is 25.2 Å². The van der Waals surface area contributed by atoms with Crippen LogP contribution >= 0.6 is 0 Å². The van der Waals surface area contributed by atoms with Crippen LogP contribution in [-0.2, 0) is 10.9 Å². The van der Waals surface area contributed by atoms with E-state index < -0.39 is 12.0 Å². The zero-order valence-electron chi connectivity index (χ0n) is 12.4. The molecule has 1 saturated heterocycles. The lowest BCUT2D eigenvalue weighted by atomic mass is 10.4. The molecular formula is C13H17F3N6O. The Morgan fingerprint density at radius 3 is 2.96 bits per heavy atom. The van der Waals surface area contributed by atoms with Gasteiger partial charge in [0.15, 0.2) is 11.5 Å². The van der Waals surface area contributed by atoms with Gasteiger partial charge in [-0.05, 0) is 6.42 Å². The van der Waals surface area contributed by atoms with E-state index in [0.717, 1.165) is 26.1 Å². The number of nitrogens with one attached hydrogen (secondary N) is 2. The third kappa shape index (κ3) is 3.88. The van der Waals surface area contributed by atoms with Gasteiger partial charge in [-0.25, -0.2) is 15.0 Å². The summed E-state index contributed by atoms with van der Waals surface area (Å²) in [4.78, 5) is 15.8. The summed E-state index contributed by atoms with van der Waals surface area (Å²) in [6.07, 6.45) is -2.35. The van der Waals surface area contributed by atoms with E-state index in [4.69, 9.17) is 4.74 Å². The van der Waals surface area contributed by atoms with Gasteiger partial charge in [0.25, 0.3) is 0 Å². The van der Waals surface area contributed by atoms with Crippen molar-refractivity contribution in [2.24, 2.45) is 0 Å². The molecule has 2 aromatic rings. The van der Waals surface area contributed by atoms with E-state index in [1.807, 2.05) is 0 Å². The number of rotatable bonds is 4. The Morgan fingerprint density at radius 2 is 2.13 bits per heavy atom. The van der Waals surface area contributed by atoms with Crippen molar-refractivity contribution < 1.29 is 17.9 Å². The molecule has 1 aliphatic heterocycles. The predicted octanol–water partition coefficient (Wildman–Crippen LogP) is 1.51. The maximum absolute atomic E-state index is 12.8. The number of aromatic nitrogens is 4. The molecule has 0 spiro atoms. The average Bonchev–Trinajstić information content (AvgIpc) is 2.83. The van der Waals surface area contributed by atoms with Crippen LogP contribution in [0.5, 0.6) is 0 Å². The van der Waals surface area contributed by atoms with E-state index >= 15 is 0 Å². The SMILES string of the molecule is FC(F)(F)c1nc(NCCN2CCCOCC2)c2[nH]cnc2n1. The quantitative estimate of drug-likeness (QED) is 0.885. The van der Waals surface area contributed by atoms with Gasteiger partial charge in [0, 0.05) is 32.8 Å². The number of nitrogens with zero attached hydrogens (tertiary/aromatic N) is 4. The number of halogens is 3. The van der Waals surface area contributed by atoms with Crippen LogP contribution in [0.1, 0.15) is 12.2 Å². The van der Waals surface area contributed by atoms with Gasteiger partial charge in [-0.2, -0.15) is 13.2 Å². The number of H-pyrrole nitrogens is 1. The molecule has 1 fully saturated rings. The molecule has 3 heterocycles. The molecule has 23 heavy (non-hydrogen) atoms. The lowest BCUT2D eigenvalue weighted by Gasteiger charge is -2.19. The minimum atomic E-state index is -4.61. The van der Waals surface area contributed by atoms with Crippen LogP contribution in [0.2, 0.25) is 0 Å². The van der Waals surface area contributed by atoms with Crippen LogP contribution in [-0.4, -0.2) is 64.2 Å². The summed E-state index contributed by atoms with van der Waals surface area (Å²) in [6, 6.07) is 0. The lowest BCUT2D eigenvalue weighted by molar-refractivity contribution is -0.144. The average molecular weight is 330 g/mol. The Labute approximate surface area is 130 Å².